The van der Waals surface area contributed by atoms with Gasteiger partial charge in [0.2, 0.25) is 23.0 Å². The Morgan fingerprint density at radius 3 is 2.74 bits per heavy atom. The number of benzene rings is 2. The first kappa shape index (κ1) is 23.9. The van der Waals surface area contributed by atoms with E-state index >= 15 is 0 Å². The molecular weight excluding hydrogens is 452 g/mol. The molecule has 4 N–H and O–H groups in total. The Morgan fingerprint density at radius 1 is 1.20 bits per heavy atom. The lowest BCUT2D eigenvalue weighted by Gasteiger charge is -2.21. The summed E-state index contributed by atoms with van der Waals surface area (Å²) in [5, 5.41) is 26.1. The van der Waals surface area contributed by atoms with Crippen LogP contribution in [-0.4, -0.2) is 35.2 Å². The summed E-state index contributed by atoms with van der Waals surface area (Å²) in [4.78, 5) is 38.1. The molecule has 0 radical (unpaired) electrons. The number of aryl methyl sites for hydroxylation is 2. The first-order chi connectivity index (χ1) is 16.8. The average molecular weight is 479 g/mol. The monoisotopic (exact) mass is 478 g/mol. The summed E-state index contributed by atoms with van der Waals surface area (Å²) in [6.07, 6.45) is 0.785. The molecule has 0 unspecified atom stereocenters. The molecule has 2 aromatic carbocycles. The highest BCUT2D eigenvalue weighted by Crippen LogP contribution is 2.37. The standard InChI is InChI=1S/C26H26N2O7/c1-14-11-21(30)24(32)25(35-14)17(16-8-10-20(29)22(12-16)34-2)13-23(31)27-19-9-7-15-5-3-4-6-18(15)28-26(19)33/h3-6,8,10-12,17,19,29,32H,7,9,13H2,1-2H3,(H,27,31)(H,28,33)/t17-,19+/m0/s1. The number of rotatable bonds is 6. The molecule has 1 aromatic heterocycles. The largest absolute Gasteiger partial charge is 0.504 e. The van der Waals surface area contributed by atoms with Crippen LogP contribution < -0.4 is 20.8 Å². The Morgan fingerprint density at radius 2 is 1.97 bits per heavy atom. The topological polar surface area (TPSA) is 138 Å². The van der Waals surface area contributed by atoms with Crippen molar-refractivity contribution in [2.45, 2.75) is 38.1 Å². The van der Waals surface area contributed by atoms with E-state index in [4.69, 9.17) is 9.15 Å². The predicted octanol–water partition coefficient (Wildman–Crippen LogP) is 2.96. The van der Waals surface area contributed by atoms with Gasteiger partial charge >= 0.3 is 0 Å². The zero-order valence-electron chi connectivity index (χ0n) is 19.3. The highest BCUT2D eigenvalue weighted by Gasteiger charge is 2.30. The van der Waals surface area contributed by atoms with Crippen molar-refractivity contribution in [1.82, 2.24) is 5.32 Å². The van der Waals surface area contributed by atoms with E-state index in [-0.39, 0.29) is 35.3 Å². The van der Waals surface area contributed by atoms with Crippen LogP contribution in [0.15, 0.2) is 57.7 Å². The van der Waals surface area contributed by atoms with Crippen LogP contribution in [0.5, 0.6) is 17.2 Å². The third kappa shape index (κ3) is 5.13. The highest BCUT2D eigenvalue weighted by molar-refractivity contribution is 5.98. The van der Waals surface area contributed by atoms with Crippen LogP contribution in [0.1, 0.15) is 41.4 Å². The molecule has 2 amide bonds. The number of para-hydroxylation sites is 1. The number of phenolic OH excluding ortho intramolecular Hbond substituents is 1. The molecule has 1 aliphatic rings. The Labute approximate surface area is 201 Å². The Balaban J connectivity index is 1.62. The smallest absolute Gasteiger partial charge is 0.246 e. The summed E-state index contributed by atoms with van der Waals surface area (Å²) in [5.41, 5.74) is 1.53. The minimum Gasteiger partial charge on any atom is -0.504 e. The molecule has 0 fully saturated rings. The van der Waals surface area contributed by atoms with E-state index in [1.807, 2.05) is 24.3 Å². The van der Waals surface area contributed by atoms with Crippen molar-refractivity contribution in [2.75, 3.05) is 12.4 Å². The van der Waals surface area contributed by atoms with Crippen LogP contribution in [0.25, 0.3) is 0 Å². The van der Waals surface area contributed by atoms with Crippen molar-refractivity contribution < 1.29 is 29.0 Å². The number of hydrogen-bond donors (Lipinski definition) is 4. The van der Waals surface area contributed by atoms with Gasteiger partial charge in [0, 0.05) is 18.2 Å². The van der Waals surface area contributed by atoms with Crippen LogP contribution in [0.4, 0.5) is 5.69 Å². The van der Waals surface area contributed by atoms with Crippen LogP contribution in [0.2, 0.25) is 0 Å². The minimum absolute atomic E-state index is 0.0874. The molecule has 1 aliphatic heterocycles. The number of phenols is 1. The number of amides is 2. The van der Waals surface area contributed by atoms with E-state index in [2.05, 4.69) is 10.6 Å². The number of ether oxygens (including phenoxy) is 1. The molecule has 0 saturated heterocycles. The fourth-order valence-corrected chi connectivity index (χ4v) is 4.22. The van der Waals surface area contributed by atoms with Crippen molar-refractivity contribution >= 4 is 17.5 Å². The zero-order chi connectivity index (χ0) is 25.1. The summed E-state index contributed by atoms with van der Waals surface area (Å²) < 4.78 is 10.8. The summed E-state index contributed by atoms with van der Waals surface area (Å²) >= 11 is 0. The van der Waals surface area contributed by atoms with Gasteiger partial charge in [-0.3, -0.25) is 14.4 Å². The fraction of sp³-hybridized carbons (Fsp3) is 0.269. The van der Waals surface area contributed by atoms with Crippen LogP contribution >= 0.6 is 0 Å². The van der Waals surface area contributed by atoms with Crippen LogP contribution in [0.3, 0.4) is 0 Å². The van der Waals surface area contributed by atoms with Crippen molar-refractivity contribution in [2.24, 2.45) is 0 Å². The number of aromatic hydroxyl groups is 2. The van der Waals surface area contributed by atoms with Crippen LogP contribution in [-0.2, 0) is 16.0 Å². The van der Waals surface area contributed by atoms with Gasteiger partial charge in [0.1, 0.15) is 11.8 Å². The summed E-state index contributed by atoms with van der Waals surface area (Å²) in [6.45, 7) is 1.56. The van der Waals surface area contributed by atoms with Crippen molar-refractivity contribution in [3.63, 3.8) is 0 Å². The summed E-state index contributed by atoms with van der Waals surface area (Å²) in [6, 6.07) is 12.3. The van der Waals surface area contributed by atoms with Gasteiger partial charge in [-0.25, -0.2) is 0 Å². The first-order valence-electron chi connectivity index (χ1n) is 11.2. The van der Waals surface area contributed by atoms with Crippen molar-refractivity contribution in [3.05, 3.63) is 81.4 Å². The van der Waals surface area contributed by atoms with E-state index in [0.717, 1.165) is 17.3 Å². The molecule has 9 heteroatoms. The number of hydrogen-bond acceptors (Lipinski definition) is 7. The Kier molecular flexibility index (Phi) is 6.77. The molecule has 0 aliphatic carbocycles. The number of carbonyl (C=O) groups excluding carboxylic acids is 2. The quantitative estimate of drug-likeness (QED) is 0.427. The number of methoxy groups -OCH3 is 1. The van der Waals surface area contributed by atoms with Gasteiger partial charge in [-0.15, -0.1) is 0 Å². The number of nitrogens with one attached hydrogen (secondary N) is 2. The molecule has 3 aromatic rings. The Bertz CT molecular complexity index is 1330. The maximum atomic E-state index is 13.1. The van der Waals surface area contributed by atoms with E-state index < -0.39 is 29.0 Å². The molecule has 9 nitrogen and oxygen atoms in total. The maximum absolute atomic E-state index is 13.1. The van der Waals surface area contributed by atoms with E-state index in [1.54, 1.807) is 13.0 Å². The molecule has 4 rings (SSSR count). The number of fused-ring (bicyclic) bond motifs is 1. The molecule has 35 heavy (non-hydrogen) atoms. The van der Waals surface area contributed by atoms with Gasteiger partial charge < -0.3 is 30.0 Å². The van der Waals surface area contributed by atoms with Gasteiger partial charge in [-0.05, 0) is 49.1 Å². The third-order valence-electron chi connectivity index (χ3n) is 6.01. The highest BCUT2D eigenvalue weighted by atomic mass is 16.5. The molecule has 182 valence electrons. The van der Waals surface area contributed by atoms with Gasteiger partial charge in [0.25, 0.3) is 0 Å². The number of carbonyl (C=O) groups is 2. The first-order valence-corrected chi connectivity index (χ1v) is 11.2. The summed E-state index contributed by atoms with van der Waals surface area (Å²) in [7, 11) is 1.38. The van der Waals surface area contributed by atoms with Crippen molar-refractivity contribution in [1.29, 1.82) is 0 Å². The van der Waals surface area contributed by atoms with Crippen molar-refractivity contribution in [3.8, 4) is 17.2 Å². The lowest BCUT2D eigenvalue weighted by atomic mass is 9.91. The van der Waals surface area contributed by atoms with E-state index in [0.29, 0.717) is 18.4 Å². The molecular formula is C26H26N2O7. The van der Waals surface area contributed by atoms with Crippen LogP contribution in [0, 0.1) is 6.92 Å². The maximum Gasteiger partial charge on any atom is 0.246 e. The predicted molar refractivity (Wildman–Crippen MR) is 128 cm³/mol. The fourth-order valence-electron chi connectivity index (χ4n) is 4.22. The SMILES string of the molecule is COc1cc([C@H](CC(=O)N[C@@H]2CCc3ccccc3NC2=O)c2oc(C)cc(=O)c2O)ccc1O. The van der Waals surface area contributed by atoms with Gasteiger partial charge in [0.15, 0.2) is 17.3 Å². The van der Waals surface area contributed by atoms with E-state index in [9.17, 15) is 24.6 Å². The second-order valence-corrected chi connectivity index (χ2v) is 8.43. The van der Waals surface area contributed by atoms with E-state index in [1.165, 1.54) is 19.2 Å². The number of anilines is 1. The average Bonchev–Trinajstić information content (AvgIpc) is 2.99. The van der Waals surface area contributed by atoms with Gasteiger partial charge in [-0.2, -0.15) is 0 Å². The molecule has 0 saturated carbocycles. The zero-order valence-corrected chi connectivity index (χ0v) is 19.3. The normalized spacial score (nSPS) is 15.9. The third-order valence-corrected chi connectivity index (χ3v) is 6.01. The molecule has 2 heterocycles. The van der Waals surface area contributed by atoms with Gasteiger partial charge in [-0.1, -0.05) is 24.3 Å². The lowest BCUT2D eigenvalue weighted by molar-refractivity contribution is -0.126. The lowest BCUT2D eigenvalue weighted by Crippen LogP contribution is -2.43. The Hall–Kier alpha value is -4.27. The minimum atomic E-state index is -0.886. The second-order valence-electron chi connectivity index (χ2n) is 8.43. The molecule has 0 spiro atoms. The van der Waals surface area contributed by atoms with Gasteiger partial charge in [0.05, 0.1) is 13.0 Å². The second kappa shape index (κ2) is 9.92. The molecule has 0 bridgehead atoms. The molecule has 2 atom stereocenters. The summed E-state index contributed by atoms with van der Waals surface area (Å²) in [5.74, 6) is -2.07.